The lowest BCUT2D eigenvalue weighted by Gasteiger charge is -2.19. The van der Waals surface area contributed by atoms with Crippen LogP contribution >= 0.6 is 0 Å². The molecule has 0 saturated carbocycles. The molecule has 166 valence electrons. The van der Waals surface area contributed by atoms with E-state index < -0.39 is 10.0 Å². The van der Waals surface area contributed by atoms with Gasteiger partial charge in [0.15, 0.2) is 0 Å². The highest BCUT2D eigenvalue weighted by atomic mass is 32.2. The van der Waals surface area contributed by atoms with E-state index >= 15 is 0 Å². The predicted octanol–water partition coefficient (Wildman–Crippen LogP) is 5.37. The summed E-state index contributed by atoms with van der Waals surface area (Å²) >= 11 is 0. The molecule has 6 heteroatoms. The normalized spacial score (nSPS) is 12.1. The van der Waals surface area contributed by atoms with Gasteiger partial charge in [0.2, 0.25) is 10.0 Å². The molecule has 0 bridgehead atoms. The Morgan fingerprint density at radius 2 is 1.58 bits per heavy atom. The minimum atomic E-state index is -3.67. The van der Waals surface area contributed by atoms with Gasteiger partial charge in [-0.05, 0) is 53.1 Å². The van der Waals surface area contributed by atoms with Gasteiger partial charge in [-0.2, -0.15) is 4.31 Å². The number of aromatic nitrogens is 2. The maximum atomic E-state index is 13.5. The molecule has 0 saturated heterocycles. The first-order valence-electron chi connectivity index (χ1n) is 10.9. The molecule has 1 heterocycles. The van der Waals surface area contributed by atoms with Gasteiger partial charge in [-0.1, -0.05) is 66.7 Å². The van der Waals surface area contributed by atoms with Crippen molar-refractivity contribution >= 4 is 31.8 Å². The summed E-state index contributed by atoms with van der Waals surface area (Å²) < 4.78 is 30.6. The Morgan fingerprint density at radius 1 is 0.879 bits per heavy atom. The van der Waals surface area contributed by atoms with Gasteiger partial charge in [-0.15, -0.1) is 0 Å². The van der Waals surface area contributed by atoms with Crippen LogP contribution in [0.25, 0.3) is 21.8 Å². The molecule has 33 heavy (non-hydrogen) atoms. The van der Waals surface area contributed by atoms with Crippen LogP contribution in [0.2, 0.25) is 0 Å². The van der Waals surface area contributed by atoms with Crippen molar-refractivity contribution in [2.24, 2.45) is 0 Å². The number of hydrogen-bond acceptors (Lipinski definition) is 3. The van der Waals surface area contributed by atoms with Crippen molar-refractivity contribution in [2.75, 3.05) is 7.05 Å². The summed E-state index contributed by atoms with van der Waals surface area (Å²) in [7, 11) is -2.04. The molecule has 4 aromatic carbocycles. The molecule has 0 fully saturated rings. The summed E-state index contributed by atoms with van der Waals surface area (Å²) in [6, 6.07) is 29.2. The summed E-state index contributed by atoms with van der Waals surface area (Å²) in [6.45, 7) is 2.84. The van der Waals surface area contributed by atoms with Crippen molar-refractivity contribution in [1.29, 1.82) is 0 Å². The van der Waals surface area contributed by atoms with E-state index in [9.17, 15) is 8.42 Å². The van der Waals surface area contributed by atoms with Crippen LogP contribution in [0, 0.1) is 6.92 Å². The molecule has 0 radical (unpaired) electrons. The Kier molecular flexibility index (Phi) is 5.48. The van der Waals surface area contributed by atoms with E-state index in [1.165, 1.54) is 4.31 Å². The van der Waals surface area contributed by atoms with E-state index in [2.05, 4.69) is 9.55 Å². The SMILES string of the molecule is Cc1nc2ccccc2n1Cc1cc(S(=O)(=O)N(C)Cc2ccccc2)cc2ccccc12. The van der Waals surface area contributed by atoms with Gasteiger partial charge in [0, 0.05) is 20.1 Å². The van der Waals surface area contributed by atoms with Crippen LogP contribution in [0.15, 0.2) is 95.9 Å². The zero-order chi connectivity index (χ0) is 23.0. The van der Waals surface area contributed by atoms with Crippen molar-refractivity contribution in [2.45, 2.75) is 24.9 Å². The quantitative estimate of drug-likeness (QED) is 0.346. The third kappa shape index (κ3) is 4.03. The molecule has 0 spiro atoms. The standard InChI is InChI=1S/C27H25N3O2S/c1-20-28-26-14-8-9-15-27(26)30(20)19-23-17-24(16-22-12-6-7-13-25(22)23)33(31,32)29(2)18-21-10-4-3-5-11-21/h3-17H,18-19H2,1-2H3. The van der Waals surface area contributed by atoms with Crippen LogP contribution in [0.1, 0.15) is 17.0 Å². The highest BCUT2D eigenvalue weighted by molar-refractivity contribution is 7.89. The molecular weight excluding hydrogens is 430 g/mol. The number of hydrogen-bond donors (Lipinski definition) is 0. The number of fused-ring (bicyclic) bond motifs is 2. The third-order valence-electron chi connectivity index (χ3n) is 6.05. The molecule has 0 aliphatic heterocycles. The van der Waals surface area contributed by atoms with Gasteiger partial charge >= 0.3 is 0 Å². The fourth-order valence-corrected chi connectivity index (χ4v) is 5.56. The first-order valence-corrected chi connectivity index (χ1v) is 12.3. The van der Waals surface area contributed by atoms with Gasteiger partial charge in [0.25, 0.3) is 0 Å². The highest BCUT2D eigenvalue weighted by Gasteiger charge is 2.23. The van der Waals surface area contributed by atoms with Crippen molar-refractivity contribution in [3.8, 4) is 0 Å². The number of benzene rings is 4. The fourth-order valence-electron chi connectivity index (χ4n) is 4.31. The van der Waals surface area contributed by atoms with E-state index in [0.717, 1.165) is 38.8 Å². The van der Waals surface area contributed by atoms with Gasteiger partial charge in [0.05, 0.1) is 15.9 Å². The number of rotatable bonds is 6. The maximum Gasteiger partial charge on any atom is 0.243 e. The molecule has 0 aliphatic carbocycles. The molecule has 0 aliphatic rings. The molecular formula is C27H25N3O2S. The molecule has 5 aromatic rings. The molecule has 0 amide bonds. The predicted molar refractivity (Wildman–Crippen MR) is 133 cm³/mol. The fraction of sp³-hybridized carbons (Fsp3) is 0.148. The molecule has 0 atom stereocenters. The summed E-state index contributed by atoms with van der Waals surface area (Å²) in [4.78, 5) is 4.97. The molecule has 5 rings (SSSR count). The Labute approximate surface area is 194 Å². The van der Waals surface area contributed by atoms with Crippen molar-refractivity contribution in [1.82, 2.24) is 13.9 Å². The molecule has 0 N–H and O–H groups in total. The Bertz CT molecular complexity index is 1560. The minimum absolute atomic E-state index is 0.303. The minimum Gasteiger partial charge on any atom is -0.324 e. The monoisotopic (exact) mass is 455 g/mol. The van der Waals surface area contributed by atoms with E-state index in [-0.39, 0.29) is 0 Å². The van der Waals surface area contributed by atoms with Gasteiger partial charge in [-0.3, -0.25) is 0 Å². The number of aryl methyl sites for hydroxylation is 1. The summed E-state index contributed by atoms with van der Waals surface area (Å²) in [5.41, 5.74) is 3.87. The zero-order valence-electron chi connectivity index (χ0n) is 18.6. The largest absolute Gasteiger partial charge is 0.324 e. The first kappa shape index (κ1) is 21.4. The van der Waals surface area contributed by atoms with E-state index in [1.54, 1.807) is 13.1 Å². The number of sulfonamides is 1. The number of para-hydroxylation sites is 2. The topological polar surface area (TPSA) is 55.2 Å². The van der Waals surface area contributed by atoms with Crippen LogP contribution in [-0.4, -0.2) is 29.3 Å². The lowest BCUT2D eigenvalue weighted by atomic mass is 10.0. The maximum absolute atomic E-state index is 13.5. The second kappa shape index (κ2) is 8.46. The van der Waals surface area contributed by atoms with E-state index in [4.69, 9.17) is 0 Å². The van der Waals surface area contributed by atoms with Gasteiger partial charge in [0.1, 0.15) is 5.82 Å². The van der Waals surface area contributed by atoms with Crippen LogP contribution in [0.5, 0.6) is 0 Å². The van der Waals surface area contributed by atoms with Crippen LogP contribution < -0.4 is 0 Å². The van der Waals surface area contributed by atoms with Crippen LogP contribution in [0.4, 0.5) is 0 Å². The van der Waals surface area contributed by atoms with Crippen LogP contribution in [0.3, 0.4) is 0 Å². The highest BCUT2D eigenvalue weighted by Crippen LogP contribution is 2.28. The average molecular weight is 456 g/mol. The van der Waals surface area contributed by atoms with Crippen molar-refractivity contribution in [3.63, 3.8) is 0 Å². The lowest BCUT2D eigenvalue weighted by Crippen LogP contribution is -2.26. The van der Waals surface area contributed by atoms with Crippen molar-refractivity contribution < 1.29 is 8.42 Å². The second-order valence-electron chi connectivity index (χ2n) is 8.28. The third-order valence-corrected chi connectivity index (χ3v) is 7.83. The smallest absolute Gasteiger partial charge is 0.243 e. The number of imidazole rings is 1. The second-order valence-corrected chi connectivity index (χ2v) is 10.3. The summed E-state index contributed by atoms with van der Waals surface area (Å²) in [5, 5.41) is 1.95. The molecule has 1 aromatic heterocycles. The number of nitrogens with zero attached hydrogens (tertiary/aromatic N) is 3. The molecule has 0 unspecified atom stereocenters. The Hall–Kier alpha value is -3.48. The Morgan fingerprint density at radius 3 is 2.39 bits per heavy atom. The van der Waals surface area contributed by atoms with Crippen LogP contribution in [-0.2, 0) is 23.1 Å². The van der Waals surface area contributed by atoms with E-state index in [0.29, 0.717) is 18.0 Å². The van der Waals surface area contributed by atoms with Gasteiger partial charge < -0.3 is 4.57 Å². The average Bonchev–Trinajstić information content (AvgIpc) is 3.14. The van der Waals surface area contributed by atoms with E-state index in [1.807, 2.05) is 91.9 Å². The Balaban J connectivity index is 1.59. The lowest BCUT2D eigenvalue weighted by molar-refractivity contribution is 0.466. The van der Waals surface area contributed by atoms with Gasteiger partial charge in [-0.25, -0.2) is 13.4 Å². The summed E-state index contributed by atoms with van der Waals surface area (Å²) in [5.74, 6) is 0.898. The van der Waals surface area contributed by atoms with Crippen molar-refractivity contribution in [3.05, 3.63) is 108 Å². The first-order chi connectivity index (χ1) is 15.9. The summed E-state index contributed by atoms with van der Waals surface area (Å²) in [6.07, 6.45) is 0. The molecule has 5 nitrogen and oxygen atoms in total. The zero-order valence-corrected chi connectivity index (χ0v) is 19.5.